The molecule has 2 aromatic carbocycles. The van der Waals surface area contributed by atoms with Crippen molar-refractivity contribution >= 4 is 17.8 Å². The van der Waals surface area contributed by atoms with Crippen LogP contribution in [0.15, 0.2) is 42.5 Å². The zero-order valence-corrected chi connectivity index (χ0v) is 10.2. The number of hydrogen-bond acceptors (Lipinski definition) is 2. The van der Waals surface area contributed by atoms with E-state index in [4.69, 9.17) is 11.0 Å². The Bertz CT molecular complexity index is 617. The first kappa shape index (κ1) is 11.9. The lowest BCUT2D eigenvalue weighted by Crippen LogP contribution is -1.88. The van der Waals surface area contributed by atoms with Gasteiger partial charge in [-0.25, -0.2) is 0 Å². The Hall–Kier alpha value is -2.53. The molecule has 18 heavy (non-hydrogen) atoms. The van der Waals surface area contributed by atoms with Crippen LogP contribution >= 0.6 is 0 Å². The molecule has 0 heterocycles. The summed E-state index contributed by atoms with van der Waals surface area (Å²) in [6.45, 7) is 2.06. The van der Waals surface area contributed by atoms with E-state index in [1.165, 1.54) is 5.56 Å². The second-order valence-electron chi connectivity index (χ2n) is 4.20. The molecule has 2 nitrogen and oxygen atoms in total. The van der Waals surface area contributed by atoms with Crippen molar-refractivity contribution in [3.05, 3.63) is 64.7 Å². The van der Waals surface area contributed by atoms with Gasteiger partial charge < -0.3 is 5.73 Å². The fourth-order valence-corrected chi connectivity index (χ4v) is 1.68. The van der Waals surface area contributed by atoms with Crippen LogP contribution in [0, 0.1) is 18.3 Å². The molecule has 0 aromatic heterocycles. The van der Waals surface area contributed by atoms with E-state index < -0.39 is 0 Å². The van der Waals surface area contributed by atoms with Crippen LogP contribution in [0.4, 0.5) is 5.69 Å². The Balaban J connectivity index is 2.29. The molecule has 0 aliphatic rings. The molecular weight excluding hydrogens is 220 g/mol. The third-order valence-electron chi connectivity index (χ3n) is 2.73. The molecule has 0 unspecified atom stereocenters. The van der Waals surface area contributed by atoms with E-state index >= 15 is 0 Å². The lowest BCUT2D eigenvalue weighted by molar-refractivity contribution is 1.46. The van der Waals surface area contributed by atoms with Gasteiger partial charge >= 0.3 is 0 Å². The van der Waals surface area contributed by atoms with E-state index in [1.807, 2.05) is 18.2 Å². The summed E-state index contributed by atoms with van der Waals surface area (Å²) in [6, 6.07) is 15.7. The van der Waals surface area contributed by atoms with E-state index in [0.29, 0.717) is 11.3 Å². The standard InChI is InChI=1S/C16H14N2/c1-12-2-4-13(5-3-12)6-7-14-8-9-16(18)10-15(14)11-17/h2-10H,18H2,1H3. The van der Waals surface area contributed by atoms with Gasteiger partial charge in [0.15, 0.2) is 0 Å². The number of nitriles is 1. The maximum absolute atomic E-state index is 9.04. The SMILES string of the molecule is Cc1ccc(C=Cc2ccc(N)cc2C#N)cc1. The maximum atomic E-state index is 9.04. The number of nitrogen functional groups attached to an aromatic ring is 1. The molecule has 0 fully saturated rings. The summed E-state index contributed by atoms with van der Waals surface area (Å²) >= 11 is 0. The van der Waals surface area contributed by atoms with E-state index in [0.717, 1.165) is 11.1 Å². The van der Waals surface area contributed by atoms with Gasteiger partial charge in [0.1, 0.15) is 0 Å². The molecule has 0 saturated heterocycles. The zero-order chi connectivity index (χ0) is 13.0. The molecule has 0 radical (unpaired) electrons. The highest BCUT2D eigenvalue weighted by Gasteiger charge is 1.98. The number of benzene rings is 2. The molecule has 0 aliphatic heterocycles. The summed E-state index contributed by atoms with van der Waals surface area (Å²) in [6.07, 6.45) is 3.93. The van der Waals surface area contributed by atoms with Crippen molar-refractivity contribution < 1.29 is 0 Å². The van der Waals surface area contributed by atoms with E-state index in [1.54, 1.807) is 12.1 Å². The first-order chi connectivity index (χ1) is 8.69. The summed E-state index contributed by atoms with van der Waals surface area (Å²) in [4.78, 5) is 0. The Morgan fingerprint density at radius 3 is 2.44 bits per heavy atom. The highest BCUT2D eigenvalue weighted by atomic mass is 14.5. The van der Waals surface area contributed by atoms with E-state index in [2.05, 4.69) is 37.3 Å². The Morgan fingerprint density at radius 2 is 1.78 bits per heavy atom. The Labute approximate surface area is 107 Å². The summed E-state index contributed by atoms with van der Waals surface area (Å²) in [7, 11) is 0. The maximum Gasteiger partial charge on any atom is 0.0998 e. The van der Waals surface area contributed by atoms with Crippen molar-refractivity contribution in [3.63, 3.8) is 0 Å². The highest BCUT2D eigenvalue weighted by Crippen LogP contribution is 2.16. The van der Waals surface area contributed by atoms with E-state index in [-0.39, 0.29) is 0 Å². The monoisotopic (exact) mass is 234 g/mol. The number of anilines is 1. The van der Waals surface area contributed by atoms with Crippen LogP contribution in [0.1, 0.15) is 22.3 Å². The van der Waals surface area contributed by atoms with Crippen molar-refractivity contribution in [2.45, 2.75) is 6.92 Å². The van der Waals surface area contributed by atoms with Crippen LogP contribution in [-0.2, 0) is 0 Å². The van der Waals surface area contributed by atoms with Crippen LogP contribution in [0.3, 0.4) is 0 Å². The minimum atomic E-state index is 0.596. The van der Waals surface area contributed by atoms with Crippen molar-refractivity contribution in [3.8, 4) is 6.07 Å². The normalized spacial score (nSPS) is 10.4. The lowest BCUT2D eigenvalue weighted by atomic mass is 10.1. The van der Waals surface area contributed by atoms with Gasteiger partial charge in [0.05, 0.1) is 11.6 Å². The molecule has 0 amide bonds. The molecule has 0 atom stereocenters. The smallest absolute Gasteiger partial charge is 0.0998 e. The molecule has 0 saturated carbocycles. The van der Waals surface area contributed by atoms with Crippen LogP contribution in [0.2, 0.25) is 0 Å². The fourth-order valence-electron chi connectivity index (χ4n) is 1.68. The van der Waals surface area contributed by atoms with Gasteiger partial charge in [-0.3, -0.25) is 0 Å². The minimum absolute atomic E-state index is 0.596. The van der Waals surface area contributed by atoms with Gasteiger partial charge in [-0.1, -0.05) is 48.0 Å². The molecule has 2 N–H and O–H groups in total. The number of rotatable bonds is 2. The average Bonchev–Trinajstić information content (AvgIpc) is 2.39. The molecule has 0 spiro atoms. The Morgan fingerprint density at radius 1 is 1.06 bits per heavy atom. The summed E-state index contributed by atoms with van der Waals surface area (Å²) in [5, 5.41) is 9.04. The zero-order valence-electron chi connectivity index (χ0n) is 10.2. The summed E-state index contributed by atoms with van der Waals surface area (Å²) in [5.41, 5.74) is 10.1. The number of nitrogens with zero attached hydrogens (tertiary/aromatic N) is 1. The third-order valence-corrected chi connectivity index (χ3v) is 2.73. The highest BCUT2D eigenvalue weighted by molar-refractivity contribution is 5.73. The quantitative estimate of drug-likeness (QED) is 0.637. The van der Waals surface area contributed by atoms with E-state index in [9.17, 15) is 0 Å². The first-order valence-corrected chi connectivity index (χ1v) is 5.73. The van der Waals surface area contributed by atoms with Gasteiger partial charge in [0.2, 0.25) is 0 Å². The molecule has 2 aromatic rings. The predicted molar refractivity (Wildman–Crippen MR) is 75.7 cm³/mol. The van der Waals surface area contributed by atoms with Crippen LogP contribution in [0.5, 0.6) is 0 Å². The molecule has 88 valence electrons. The van der Waals surface area contributed by atoms with Gasteiger partial charge in [0, 0.05) is 5.69 Å². The third kappa shape index (κ3) is 2.78. The van der Waals surface area contributed by atoms with Crippen molar-refractivity contribution in [1.29, 1.82) is 5.26 Å². The Kier molecular flexibility index (Phi) is 3.45. The van der Waals surface area contributed by atoms with Crippen molar-refractivity contribution in [1.82, 2.24) is 0 Å². The van der Waals surface area contributed by atoms with Crippen LogP contribution in [0.25, 0.3) is 12.2 Å². The van der Waals surface area contributed by atoms with Gasteiger partial charge in [-0.15, -0.1) is 0 Å². The number of aryl methyl sites for hydroxylation is 1. The summed E-state index contributed by atoms with van der Waals surface area (Å²) < 4.78 is 0. The van der Waals surface area contributed by atoms with Crippen LogP contribution < -0.4 is 5.73 Å². The van der Waals surface area contributed by atoms with Gasteiger partial charge in [-0.05, 0) is 30.2 Å². The largest absolute Gasteiger partial charge is 0.399 e. The molecule has 2 heteroatoms. The number of hydrogen-bond donors (Lipinski definition) is 1. The molecule has 0 aliphatic carbocycles. The second-order valence-corrected chi connectivity index (χ2v) is 4.20. The van der Waals surface area contributed by atoms with Gasteiger partial charge in [0.25, 0.3) is 0 Å². The van der Waals surface area contributed by atoms with Gasteiger partial charge in [-0.2, -0.15) is 5.26 Å². The lowest BCUT2D eigenvalue weighted by Gasteiger charge is -2.00. The topological polar surface area (TPSA) is 49.8 Å². The average molecular weight is 234 g/mol. The minimum Gasteiger partial charge on any atom is -0.399 e. The van der Waals surface area contributed by atoms with Crippen molar-refractivity contribution in [2.24, 2.45) is 0 Å². The number of nitrogens with two attached hydrogens (primary N) is 1. The summed E-state index contributed by atoms with van der Waals surface area (Å²) in [5.74, 6) is 0. The molecule has 2 rings (SSSR count). The predicted octanol–water partition coefficient (Wildman–Crippen LogP) is 3.62. The second kappa shape index (κ2) is 5.20. The molecular formula is C16H14N2. The molecule has 0 bridgehead atoms. The first-order valence-electron chi connectivity index (χ1n) is 5.73. The van der Waals surface area contributed by atoms with Crippen molar-refractivity contribution in [2.75, 3.05) is 5.73 Å². The van der Waals surface area contributed by atoms with Crippen LogP contribution in [-0.4, -0.2) is 0 Å². The fraction of sp³-hybridized carbons (Fsp3) is 0.0625.